The number of rotatable bonds is 4. The molecule has 2 aliphatic rings. The summed E-state index contributed by atoms with van der Waals surface area (Å²) in [5.41, 5.74) is 0.967. The molecule has 0 spiro atoms. The Morgan fingerprint density at radius 3 is 2.67 bits per heavy atom. The van der Waals surface area contributed by atoms with Crippen LogP contribution in [0, 0.1) is 5.92 Å². The summed E-state index contributed by atoms with van der Waals surface area (Å²) in [6.07, 6.45) is 2.01. The molecule has 0 aromatic heterocycles. The predicted molar refractivity (Wildman–Crippen MR) is 88.3 cm³/mol. The summed E-state index contributed by atoms with van der Waals surface area (Å²) in [5, 5.41) is 3.06. The number of hydrogen-bond donors (Lipinski definition) is 1. The van der Waals surface area contributed by atoms with Gasteiger partial charge in [-0.05, 0) is 24.8 Å². The van der Waals surface area contributed by atoms with Crippen LogP contribution >= 0.6 is 0 Å². The van der Waals surface area contributed by atoms with Crippen LogP contribution in [-0.2, 0) is 20.9 Å². The van der Waals surface area contributed by atoms with E-state index < -0.39 is 0 Å². The predicted octanol–water partition coefficient (Wildman–Crippen LogP) is 1.94. The maximum atomic E-state index is 12.2. The summed E-state index contributed by atoms with van der Waals surface area (Å²) >= 11 is 0. The standard InChI is InChI=1S/C18H24N2O4/c21-17(15-7-10-23-11-8-15)19-16-6-9-20(12-16)18(22)24-13-14-4-2-1-3-5-14/h1-5,15-16H,6-13H2,(H,19,21)/t16-/m0/s1. The largest absolute Gasteiger partial charge is 0.445 e. The lowest BCUT2D eigenvalue weighted by atomic mass is 9.99. The van der Waals surface area contributed by atoms with Gasteiger partial charge in [-0.15, -0.1) is 0 Å². The van der Waals surface area contributed by atoms with Crippen molar-refractivity contribution < 1.29 is 19.1 Å². The Labute approximate surface area is 142 Å². The van der Waals surface area contributed by atoms with Crippen molar-refractivity contribution in [2.24, 2.45) is 5.92 Å². The molecule has 1 atom stereocenters. The van der Waals surface area contributed by atoms with Crippen LogP contribution in [0.4, 0.5) is 4.79 Å². The van der Waals surface area contributed by atoms with Gasteiger partial charge in [-0.1, -0.05) is 30.3 Å². The molecule has 0 bridgehead atoms. The van der Waals surface area contributed by atoms with E-state index in [0.717, 1.165) is 24.8 Å². The fourth-order valence-corrected chi connectivity index (χ4v) is 3.13. The average Bonchev–Trinajstić information content (AvgIpc) is 3.10. The van der Waals surface area contributed by atoms with Crippen LogP contribution in [0.1, 0.15) is 24.8 Å². The van der Waals surface area contributed by atoms with Crippen molar-refractivity contribution in [1.29, 1.82) is 0 Å². The lowest BCUT2D eigenvalue weighted by Gasteiger charge is -2.23. The van der Waals surface area contributed by atoms with Gasteiger partial charge in [-0.2, -0.15) is 0 Å². The molecule has 2 fully saturated rings. The zero-order valence-electron chi connectivity index (χ0n) is 13.8. The number of carbonyl (C=O) groups is 2. The van der Waals surface area contributed by atoms with Gasteiger partial charge in [0.25, 0.3) is 0 Å². The summed E-state index contributed by atoms with van der Waals surface area (Å²) < 4.78 is 10.6. The van der Waals surface area contributed by atoms with Gasteiger partial charge in [0.15, 0.2) is 0 Å². The van der Waals surface area contributed by atoms with E-state index in [-0.39, 0.29) is 30.6 Å². The molecule has 0 radical (unpaired) electrons. The zero-order chi connectivity index (χ0) is 16.8. The fourth-order valence-electron chi connectivity index (χ4n) is 3.13. The second-order valence-electron chi connectivity index (χ2n) is 6.37. The van der Waals surface area contributed by atoms with E-state index in [1.165, 1.54) is 0 Å². The van der Waals surface area contributed by atoms with Crippen LogP contribution < -0.4 is 5.32 Å². The third-order valence-electron chi connectivity index (χ3n) is 4.59. The van der Waals surface area contributed by atoms with Gasteiger partial charge in [0.2, 0.25) is 5.91 Å². The highest BCUT2D eigenvalue weighted by Gasteiger charge is 2.30. The molecule has 2 amide bonds. The Balaban J connectivity index is 1.41. The minimum absolute atomic E-state index is 0.0182. The van der Waals surface area contributed by atoms with Crippen molar-refractivity contribution in [3.8, 4) is 0 Å². The Hall–Kier alpha value is -2.08. The van der Waals surface area contributed by atoms with Crippen LogP contribution in [-0.4, -0.2) is 49.2 Å². The van der Waals surface area contributed by atoms with Crippen LogP contribution in [0.3, 0.4) is 0 Å². The molecule has 0 unspecified atom stereocenters. The topological polar surface area (TPSA) is 67.9 Å². The van der Waals surface area contributed by atoms with E-state index in [0.29, 0.717) is 26.3 Å². The van der Waals surface area contributed by atoms with Crippen molar-refractivity contribution >= 4 is 12.0 Å². The average molecular weight is 332 g/mol. The molecule has 6 heteroatoms. The highest BCUT2D eigenvalue weighted by molar-refractivity contribution is 5.79. The van der Waals surface area contributed by atoms with Gasteiger partial charge in [0.05, 0.1) is 0 Å². The van der Waals surface area contributed by atoms with E-state index in [1.54, 1.807) is 4.90 Å². The van der Waals surface area contributed by atoms with Crippen molar-refractivity contribution in [2.45, 2.75) is 31.9 Å². The molecular weight excluding hydrogens is 308 g/mol. The SMILES string of the molecule is O=C(N[C@H]1CCN(C(=O)OCc2ccccc2)C1)C1CCOCC1. The summed E-state index contributed by atoms with van der Waals surface area (Å²) in [7, 11) is 0. The normalized spacial score (nSPS) is 21.5. The summed E-state index contributed by atoms with van der Waals surface area (Å²) in [5.74, 6) is 0.126. The van der Waals surface area contributed by atoms with Gasteiger partial charge in [0, 0.05) is 38.3 Å². The van der Waals surface area contributed by atoms with Gasteiger partial charge in [-0.25, -0.2) is 4.79 Å². The first kappa shape index (κ1) is 16.8. The third-order valence-corrected chi connectivity index (χ3v) is 4.59. The molecule has 0 aliphatic carbocycles. The van der Waals surface area contributed by atoms with E-state index >= 15 is 0 Å². The molecule has 1 aromatic rings. The summed E-state index contributed by atoms with van der Waals surface area (Å²) in [4.78, 5) is 26.0. The second-order valence-corrected chi connectivity index (χ2v) is 6.37. The molecule has 2 aliphatic heterocycles. The maximum absolute atomic E-state index is 12.2. The van der Waals surface area contributed by atoms with Crippen LogP contribution in [0.25, 0.3) is 0 Å². The second kappa shape index (κ2) is 8.15. The van der Waals surface area contributed by atoms with E-state index in [9.17, 15) is 9.59 Å². The number of ether oxygens (including phenoxy) is 2. The van der Waals surface area contributed by atoms with Crippen molar-refractivity contribution in [2.75, 3.05) is 26.3 Å². The first-order chi connectivity index (χ1) is 11.7. The van der Waals surface area contributed by atoms with Gasteiger partial charge in [-0.3, -0.25) is 4.79 Å². The molecule has 3 rings (SSSR count). The number of likely N-dealkylation sites (tertiary alicyclic amines) is 1. The molecule has 130 valence electrons. The quantitative estimate of drug-likeness (QED) is 0.915. The number of nitrogens with one attached hydrogen (secondary N) is 1. The van der Waals surface area contributed by atoms with E-state index in [4.69, 9.17) is 9.47 Å². The third kappa shape index (κ3) is 4.47. The minimum atomic E-state index is -0.318. The van der Waals surface area contributed by atoms with Crippen molar-refractivity contribution in [3.05, 3.63) is 35.9 Å². The van der Waals surface area contributed by atoms with Gasteiger partial charge < -0.3 is 19.7 Å². The molecule has 6 nitrogen and oxygen atoms in total. The zero-order valence-corrected chi connectivity index (χ0v) is 13.8. The van der Waals surface area contributed by atoms with Crippen LogP contribution in [0.2, 0.25) is 0 Å². The smallest absolute Gasteiger partial charge is 0.410 e. The van der Waals surface area contributed by atoms with Gasteiger partial charge >= 0.3 is 6.09 Å². The Morgan fingerprint density at radius 1 is 1.17 bits per heavy atom. The minimum Gasteiger partial charge on any atom is -0.445 e. The monoisotopic (exact) mass is 332 g/mol. The highest BCUT2D eigenvalue weighted by atomic mass is 16.6. The van der Waals surface area contributed by atoms with E-state index in [2.05, 4.69) is 5.32 Å². The highest BCUT2D eigenvalue weighted by Crippen LogP contribution is 2.17. The lowest BCUT2D eigenvalue weighted by molar-refractivity contribution is -0.128. The number of nitrogens with zero attached hydrogens (tertiary/aromatic N) is 1. The first-order valence-electron chi connectivity index (χ1n) is 8.56. The first-order valence-corrected chi connectivity index (χ1v) is 8.56. The Kier molecular flexibility index (Phi) is 5.69. The molecule has 24 heavy (non-hydrogen) atoms. The number of amides is 2. The van der Waals surface area contributed by atoms with Crippen molar-refractivity contribution in [3.63, 3.8) is 0 Å². The molecule has 1 aromatic carbocycles. The summed E-state index contributed by atoms with van der Waals surface area (Å²) in [6.45, 7) is 2.71. The summed E-state index contributed by atoms with van der Waals surface area (Å²) in [6, 6.07) is 9.63. The Bertz CT molecular complexity index is 557. The van der Waals surface area contributed by atoms with Crippen LogP contribution in [0.15, 0.2) is 30.3 Å². The molecular formula is C18H24N2O4. The molecule has 2 saturated heterocycles. The lowest BCUT2D eigenvalue weighted by Crippen LogP contribution is -2.42. The molecule has 2 heterocycles. The van der Waals surface area contributed by atoms with Crippen molar-refractivity contribution in [1.82, 2.24) is 10.2 Å². The fraction of sp³-hybridized carbons (Fsp3) is 0.556. The molecule has 0 saturated carbocycles. The number of benzene rings is 1. The number of carbonyl (C=O) groups excluding carboxylic acids is 2. The van der Waals surface area contributed by atoms with Gasteiger partial charge in [0.1, 0.15) is 6.61 Å². The maximum Gasteiger partial charge on any atom is 0.410 e. The van der Waals surface area contributed by atoms with Crippen LogP contribution in [0.5, 0.6) is 0 Å². The number of hydrogen-bond acceptors (Lipinski definition) is 4. The van der Waals surface area contributed by atoms with E-state index in [1.807, 2.05) is 30.3 Å². The molecule has 1 N–H and O–H groups in total. The Morgan fingerprint density at radius 2 is 1.92 bits per heavy atom.